The van der Waals surface area contributed by atoms with E-state index in [0.29, 0.717) is 0 Å². The molecule has 0 aliphatic carbocycles. The summed E-state index contributed by atoms with van der Waals surface area (Å²) in [5, 5.41) is 17.1. The number of aliphatic hydroxyl groups is 1. The SMILES string of the molecule is CCCCCCCCCCCCCC=CC=CC=CC=C(O)C(=O)OO. The van der Waals surface area contributed by atoms with Crippen molar-refractivity contribution in [1.29, 1.82) is 0 Å². The standard InChI is InChI=1S/C22H36O4/c1-2-3-4-5-6-7-8-9-10-11-12-13-14-15-16-17-18-19-20-21(23)22(24)26-25/h14-20,23,25H,2-13H2,1H3. The number of hydrogen-bond donors (Lipinski definition) is 2. The molecule has 0 aliphatic heterocycles. The molecule has 0 aromatic rings. The summed E-state index contributed by atoms with van der Waals surface area (Å²) in [7, 11) is 0. The van der Waals surface area contributed by atoms with Gasteiger partial charge in [0.25, 0.3) is 0 Å². The van der Waals surface area contributed by atoms with Crippen LogP contribution in [0.3, 0.4) is 0 Å². The summed E-state index contributed by atoms with van der Waals surface area (Å²) in [6, 6.07) is 0. The van der Waals surface area contributed by atoms with Crippen LogP contribution in [-0.4, -0.2) is 16.3 Å². The molecular weight excluding hydrogens is 328 g/mol. The molecule has 0 spiro atoms. The van der Waals surface area contributed by atoms with Crippen LogP contribution in [0.5, 0.6) is 0 Å². The molecule has 0 atom stereocenters. The normalized spacial score (nSPS) is 12.6. The Morgan fingerprint density at radius 2 is 1.27 bits per heavy atom. The summed E-state index contributed by atoms with van der Waals surface area (Å²) in [6.45, 7) is 2.26. The molecule has 0 saturated carbocycles. The van der Waals surface area contributed by atoms with E-state index in [9.17, 15) is 4.79 Å². The summed E-state index contributed by atoms with van der Waals surface area (Å²) in [6.07, 6.45) is 28.2. The monoisotopic (exact) mass is 364 g/mol. The first-order valence-electron chi connectivity index (χ1n) is 9.97. The fourth-order valence-corrected chi connectivity index (χ4v) is 2.56. The van der Waals surface area contributed by atoms with E-state index in [1.165, 1.54) is 76.7 Å². The molecule has 0 saturated heterocycles. The fourth-order valence-electron chi connectivity index (χ4n) is 2.56. The molecule has 0 amide bonds. The summed E-state index contributed by atoms with van der Waals surface area (Å²) >= 11 is 0. The first-order chi connectivity index (χ1) is 12.7. The van der Waals surface area contributed by atoms with Crippen LogP contribution in [0.1, 0.15) is 84.0 Å². The van der Waals surface area contributed by atoms with Gasteiger partial charge in [0.1, 0.15) is 0 Å². The highest BCUT2D eigenvalue weighted by atomic mass is 17.1. The maximum Gasteiger partial charge on any atom is 0.406 e. The predicted molar refractivity (Wildman–Crippen MR) is 108 cm³/mol. The molecule has 0 heterocycles. The Labute approximate surface area is 158 Å². The van der Waals surface area contributed by atoms with Crippen LogP contribution in [-0.2, 0) is 9.68 Å². The minimum atomic E-state index is -1.18. The van der Waals surface area contributed by atoms with Crippen LogP contribution < -0.4 is 0 Å². The first kappa shape index (κ1) is 24.2. The predicted octanol–water partition coefficient (Wildman–Crippen LogP) is 6.81. The molecule has 2 N–H and O–H groups in total. The van der Waals surface area contributed by atoms with E-state index in [1.54, 1.807) is 12.2 Å². The number of rotatable bonds is 16. The lowest BCUT2D eigenvalue weighted by atomic mass is 10.1. The summed E-state index contributed by atoms with van der Waals surface area (Å²) < 4.78 is 0. The third-order valence-electron chi connectivity index (χ3n) is 4.10. The molecule has 0 radical (unpaired) electrons. The van der Waals surface area contributed by atoms with Crippen molar-refractivity contribution in [2.75, 3.05) is 0 Å². The third-order valence-corrected chi connectivity index (χ3v) is 4.10. The summed E-state index contributed by atoms with van der Waals surface area (Å²) in [4.78, 5) is 14.1. The Morgan fingerprint density at radius 3 is 1.85 bits per heavy atom. The third kappa shape index (κ3) is 17.0. The van der Waals surface area contributed by atoms with Gasteiger partial charge in [-0.2, -0.15) is 5.26 Å². The fraction of sp³-hybridized carbons (Fsp3) is 0.591. The summed E-state index contributed by atoms with van der Waals surface area (Å²) in [5.74, 6) is -1.82. The lowest BCUT2D eigenvalue weighted by Gasteiger charge is -2.01. The molecule has 0 aliphatic rings. The van der Waals surface area contributed by atoms with Gasteiger partial charge in [0, 0.05) is 0 Å². The Hall–Kier alpha value is -1.81. The van der Waals surface area contributed by atoms with Gasteiger partial charge in [0.05, 0.1) is 0 Å². The molecule has 0 unspecified atom stereocenters. The van der Waals surface area contributed by atoms with Gasteiger partial charge in [-0.15, -0.1) is 0 Å². The number of aliphatic hydroxyl groups excluding tert-OH is 1. The average Bonchev–Trinajstić information content (AvgIpc) is 2.66. The van der Waals surface area contributed by atoms with Crippen molar-refractivity contribution in [2.45, 2.75) is 84.0 Å². The van der Waals surface area contributed by atoms with Crippen molar-refractivity contribution in [3.63, 3.8) is 0 Å². The lowest BCUT2D eigenvalue weighted by Crippen LogP contribution is -2.03. The van der Waals surface area contributed by atoms with E-state index in [1.807, 2.05) is 12.2 Å². The second-order valence-electron chi connectivity index (χ2n) is 6.45. The topological polar surface area (TPSA) is 66.8 Å². The zero-order valence-electron chi connectivity index (χ0n) is 16.2. The van der Waals surface area contributed by atoms with Crippen LogP contribution in [0.2, 0.25) is 0 Å². The van der Waals surface area contributed by atoms with E-state index in [4.69, 9.17) is 10.4 Å². The summed E-state index contributed by atoms with van der Waals surface area (Å²) in [5.41, 5.74) is 0. The van der Waals surface area contributed by atoms with Crippen LogP contribution >= 0.6 is 0 Å². The Balaban J connectivity index is 3.47. The highest BCUT2D eigenvalue weighted by molar-refractivity contribution is 5.85. The quantitative estimate of drug-likeness (QED) is 0.0788. The molecule has 4 nitrogen and oxygen atoms in total. The van der Waals surface area contributed by atoms with Crippen molar-refractivity contribution in [3.8, 4) is 0 Å². The molecule has 4 heteroatoms. The van der Waals surface area contributed by atoms with Crippen LogP contribution in [0, 0.1) is 0 Å². The smallest absolute Gasteiger partial charge is 0.406 e. The van der Waals surface area contributed by atoms with E-state index in [2.05, 4.69) is 17.9 Å². The van der Waals surface area contributed by atoms with Crippen molar-refractivity contribution in [1.82, 2.24) is 0 Å². The van der Waals surface area contributed by atoms with Gasteiger partial charge in [0.2, 0.25) is 5.76 Å². The molecule has 0 aromatic heterocycles. The molecule has 0 fully saturated rings. The number of carbonyl (C=O) groups excluding carboxylic acids is 1. The zero-order chi connectivity index (χ0) is 19.3. The average molecular weight is 365 g/mol. The molecular formula is C22H36O4. The molecule has 0 aromatic carbocycles. The van der Waals surface area contributed by atoms with Gasteiger partial charge in [-0.25, -0.2) is 4.79 Å². The number of unbranched alkanes of at least 4 members (excludes halogenated alkanes) is 11. The minimum Gasteiger partial charge on any atom is -0.502 e. The second-order valence-corrected chi connectivity index (χ2v) is 6.45. The van der Waals surface area contributed by atoms with Gasteiger partial charge in [-0.1, -0.05) is 108 Å². The number of carbonyl (C=O) groups is 1. The second kappa shape index (κ2) is 19.5. The first-order valence-corrected chi connectivity index (χ1v) is 9.97. The van der Waals surface area contributed by atoms with Gasteiger partial charge >= 0.3 is 5.97 Å². The van der Waals surface area contributed by atoms with Gasteiger partial charge in [-0.3, -0.25) is 4.89 Å². The Kier molecular flexibility index (Phi) is 18.2. The highest BCUT2D eigenvalue weighted by Crippen LogP contribution is 2.12. The van der Waals surface area contributed by atoms with Gasteiger partial charge < -0.3 is 5.11 Å². The maximum atomic E-state index is 10.7. The Morgan fingerprint density at radius 1 is 0.769 bits per heavy atom. The van der Waals surface area contributed by atoms with Crippen LogP contribution in [0.25, 0.3) is 0 Å². The number of allylic oxidation sites excluding steroid dienone is 7. The van der Waals surface area contributed by atoms with E-state index in [-0.39, 0.29) is 0 Å². The van der Waals surface area contributed by atoms with Crippen molar-refractivity contribution in [2.24, 2.45) is 0 Å². The van der Waals surface area contributed by atoms with Crippen molar-refractivity contribution in [3.05, 3.63) is 48.3 Å². The maximum absolute atomic E-state index is 10.7. The molecule has 0 rings (SSSR count). The van der Waals surface area contributed by atoms with E-state index < -0.39 is 11.7 Å². The lowest BCUT2D eigenvalue weighted by molar-refractivity contribution is -0.232. The van der Waals surface area contributed by atoms with Gasteiger partial charge in [0.15, 0.2) is 0 Å². The largest absolute Gasteiger partial charge is 0.502 e. The Bertz CT molecular complexity index is 447. The van der Waals surface area contributed by atoms with Crippen molar-refractivity contribution >= 4 is 5.97 Å². The van der Waals surface area contributed by atoms with Gasteiger partial charge in [-0.05, 0) is 18.9 Å². The van der Waals surface area contributed by atoms with E-state index >= 15 is 0 Å². The molecule has 148 valence electrons. The van der Waals surface area contributed by atoms with Crippen LogP contribution in [0.4, 0.5) is 0 Å². The highest BCUT2D eigenvalue weighted by Gasteiger charge is 2.05. The van der Waals surface area contributed by atoms with Crippen LogP contribution in [0.15, 0.2) is 48.3 Å². The van der Waals surface area contributed by atoms with E-state index in [0.717, 1.165) is 12.5 Å². The minimum absolute atomic E-state index is 0.649. The zero-order valence-corrected chi connectivity index (χ0v) is 16.2. The molecule has 26 heavy (non-hydrogen) atoms. The number of hydrogen-bond acceptors (Lipinski definition) is 4. The molecule has 0 bridgehead atoms. The van der Waals surface area contributed by atoms with Crippen molar-refractivity contribution < 1.29 is 20.0 Å².